The number of para-hydroxylation sites is 1. The Morgan fingerprint density at radius 1 is 0.946 bits per heavy atom. The van der Waals surface area contributed by atoms with Gasteiger partial charge in [-0.3, -0.25) is 14.0 Å². The number of benzene rings is 2. The normalized spacial score (nSPS) is 14.2. The maximum absolute atomic E-state index is 12.9. The summed E-state index contributed by atoms with van der Waals surface area (Å²) in [5.74, 6) is 2.35. The first-order valence-electron chi connectivity index (χ1n) is 12.6. The molecule has 1 aliphatic rings. The molecule has 10 heteroatoms. The quantitative estimate of drug-likeness (QED) is 0.333. The Balaban J connectivity index is 1.11. The van der Waals surface area contributed by atoms with Crippen molar-refractivity contribution in [2.75, 3.05) is 31.1 Å². The molecular weight excluding hydrogens is 468 g/mol. The number of rotatable bonds is 6. The highest BCUT2D eigenvalue weighted by Gasteiger charge is 2.22. The Labute approximate surface area is 213 Å². The Morgan fingerprint density at radius 3 is 2.46 bits per heavy atom. The zero-order valence-electron chi connectivity index (χ0n) is 21.0. The zero-order chi connectivity index (χ0) is 25.5. The van der Waals surface area contributed by atoms with Crippen molar-refractivity contribution in [2.24, 2.45) is 0 Å². The van der Waals surface area contributed by atoms with E-state index in [4.69, 9.17) is 0 Å². The number of fused-ring (bicyclic) bond motifs is 6. The van der Waals surface area contributed by atoms with Crippen LogP contribution in [-0.2, 0) is 11.2 Å². The van der Waals surface area contributed by atoms with Gasteiger partial charge in [-0.15, -0.1) is 15.3 Å². The Morgan fingerprint density at radius 2 is 1.70 bits per heavy atom. The van der Waals surface area contributed by atoms with Crippen LogP contribution in [0.25, 0.3) is 22.3 Å². The van der Waals surface area contributed by atoms with Crippen LogP contribution in [0.3, 0.4) is 0 Å². The van der Waals surface area contributed by atoms with Gasteiger partial charge in [-0.1, -0.05) is 12.1 Å². The average molecular weight is 497 g/mol. The third-order valence-electron chi connectivity index (χ3n) is 7.06. The highest BCUT2D eigenvalue weighted by Crippen LogP contribution is 2.23. The molecule has 6 rings (SSSR count). The number of hydrogen-bond donors (Lipinski definition) is 0. The van der Waals surface area contributed by atoms with Gasteiger partial charge < -0.3 is 9.80 Å². The molecule has 1 aliphatic heterocycles. The van der Waals surface area contributed by atoms with Gasteiger partial charge in [-0.25, -0.2) is 4.98 Å². The Hall–Kier alpha value is -4.34. The molecule has 0 saturated carbocycles. The molecule has 1 fully saturated rings. The number of hydrogen-bond acceptors (Lipinski definition) is 7. The molecule has 0 radical (unpaired) electrons. The highest BCUT2D eigenvalue weighted by molar-refractivity contribution is 5.94. The van der Waals surface area contributed by atoms with E-state index in [9.17, 15) is 9.59 Å². The molecule has 0 N–H and O–H groups in total. The number of ketones is 1. The largest absolute Gasteiger partial charge is 0.368 e. The molecule has 1 saturated heterocycles. The highest BCUT2D eigenvalue weighted by atomic mass is 16.2. The van der Waals surface area contributed by atoms with E-state index in [1.54, 1.807) is 11.4 Å². The summed E-state index contributed by atoms with van der Waals surface area (Å²) in [7, 11) is 0. The number of anilines is 1. The maximum Gasteiger partial charge on any atom is 0.258 e. The fraction of sp³-hybridized carbons (Fsp3) is 0.333. The van der Waals surface area contributed by atoms with E-state index < -0.39 is 0 Å². The summed E-state index contributed by atoms with van der Waals surface area (Å²) in [5, 5.41) is 14.4. The van der Waals surface area contributed by atoms with Gasteiger partial charge in [-0.2, -0.15) is 4.52 Å². The monoisotopic (exact) mass is 496 g/mol. The fourth-order valence-electron chi connectivity index (χ4n) is 5.12. The van der Waals surface area contributed by atoms with Crippen LogP contribution in [-0.4, -0.2) is 72.0 Å². The van der Waals surface area contributed by atoms with Gasteiger partial charge in [0, 0.05) is 55.7 Å². The first-order chi connectivity index (χ1) is 18.0. The lowest BCUT2D eigenvalue weighted by Crippen LogP contribution is -2.48. The second-order valence-electron chi connectivity index (χ2n) is 9.49. The molecule has 2 aromatic carbocycles. The maximum atomic E-state index is 12.9. The third kappa shape index (κ3) is 4.18. The third-order valence-corrected chi connectivity index (χ3v) is 7.06. The van der Waals surface area contributed by atoms with Gasteiger partial charge in [0.15, 0.2) is 11.4 Å². The molecule has 10 nitrogen and oxygen atoms in total. The molecule has 0 atom stereocenters. The van der Waals surface area contributed by atoms with Crippen LogP contribution in [0.4, 0.5) is 5.69 Å². The summed E-state index contributed by atoms with van der Waals surface area (Å²) in [6.07, 6.45) is 1.79. The lowest BCUT2D eigenvalue weighted by molar-refractivity contribution is -0.131. The minimum absolute atomic E-state index is 0.0658. The van der Waals surface area contributed by atoms with Crippen LogP contribution in [0.1, 0.15) is 41.8 Å². The summed E-state index contributed by atoms with van der Waals surface area (Å²) >= 11 is 0. The average Bonchev–Trinajstić information content (AvgIpc) is 3.52. The Kier molecular flexibility index (Phi) is 5.78. The number of aryl methyl sites for hydroxylation is 2. The van der Waals surface area contributed by atoms with Gasteiger partial charge in [-0.05, 0) is 56.7 Å². The Bertz CT molecular complexity index is 1630. The number of carbonyl (C=O) groups excluding carboxylic acids is 2. The van der Waals surface area contributed by atoms with E-state index in [1.807, 2.05) is 64.8 Å². The van der Waals surface area contributed by atoms with Crippen LogP contribution in [0, 0.1) is 6.92 Å². The van der Waals surface area contributed by atoms with Crippen molar-refractivity contribution in [1.82, 2.24) is 34.1 Å². The van der Waals surface area contributed by atoms with Gasteiger partial charge in [0.2, 0.25) is 5.91 Å². The summed E-state index contributed by atoms with van der Waals surface area (Å²) in [6.45, 7) is 6.37. The van der Waals surface area contributed by atoms with Gasteiger partial charge in [0.25, 0.3) is 5.78 Å². The second kappa shape index (κ2) is 9.27. The fourth-order valence-corrected chi connectivity index (χ4v) is 5.12. The molecule has 5 aromatic rings. The van der Waals surface area contributed by atoms with Gasteiger partial charge in [0.1, 0.15) is 11.6 Å². The van der Waals surface area contributed by atoms with Crippen LogP contribution in [0.15, 0.2) is 48.5 Å². The van der Waals surface area contributed by atoms with E-state index in [0.29, 0.717) is 49.5 Å². The number of piperazine rings is 1. The van der Waals surface area contributed by atoms with E-state index in [2.05, 4.69) is 25.2 Å². The molecule has 1 amide bonds. The minimum Gasteiger partial charge on any atom is -0.368 e. The van der Waals surface area contributed by atoms with Gasteiger partial charge in [0.05, 0.1) is 5.52 Å². The van der Waals surface area contributed by atoms with Crippen LogP contribution in [0.5, 0.6) is 0 Å². The standard InChI is InChI=1S/C27H28N8O2/c1-18(36)20-10-12-21(13-11-20)32-14-16-33(17-15-32)25(37)9-5-8-24-29-30-27-34(24)23-7-4-3-6-22(23)26-28-19(2)31-35(26)27/h3-4,6-7,10-13H,5,8-9,14-17H2,1-2H3. The van der Waals surface area contributed by atoms with E-state index in [-0.39, 0.29) is 11.7 Å². The SMILES string of the molecule is CC(=O)c1ccc(N2CCN(C(=O)CCCc3nnc4n5nc(C)nc5c5ccccc5n34)CC2)cc1. The predicted molar refractivity (Wildman–Crippen MR) is 140 cm³/mol. The van der Waals surface area contributed by atoms with Gasteiger partial charge >= 0.3 is 0 Å². The number of Topliss-reactive ketones (excluding diaryl/α,β-unsaturated/α-hetero) is 1. The smallest absolute Gasteiger partial charge is 0.258 e. The number of aromatic nitrogens is 6. The molecule has 0 unspecified atom stereocenters. The first-order valence-corrected chi connectivity index (χ1v) is 12.6. The molecule has 0 bridgehead atoms. The molecule has 3 aromatic heterocycles. The summed E-state index contributed by atoms with van der Waals surface area (Å²) in [4.78, 5) is 33.2. The lowest BCUT2D eigenvalue weighted by Gasteiger charge is -2.36. The van der Waals surface area contributed by atoms with Crippen molar-refractivity contribution in [3.8, 4) is 0 Å². The topological polar surface area (TPSA) is 101 Å². The van der Waals surface area contributed by atoms with Crippen molar-refractivity contribution in [1.29, 1.82) is 0 Å². The molecule has 0 spiro atoms. The van der Waals surface area contributed by atoms with Crippen molar-refractivity contribution < 1.29 is 9.59 Å². The second-order valence-corrected chi connectivity index (χ2v) is 9.49. The molecule has 4 heterocycles. The van der Waals surface area contributed by atoms with Crippen molar-refractivity contribution in [2.45, 2.75) is 33.1 Å². The van der Waals surface area contributed by atoms with Crippen molar-refractivity contribution in [3.05, 3.63) is 65.7 Å². The van der Waals surface area contributed by atoms with Crippen molar-refractivity contribution >= 4 is 39.7 Å². The van der Waals surface area contributed by atoms with Crippen LogP contribution in [0.2, 0.25) is 0 Å². The van der Waals surface area contributed by atoms with E-state index in [0.717, 1.165) is 41.2 Å². The minimum atomic E-state index is 0.0658. The predicted octanol–water partition coefficient (Wildman–Crippen LogP) is 3.11. The lowest BCUT2D eigenvalue weighted by atomic mass is 10.1. The number of nitrogens with zero attached hydrogens (tertiary/aromatic N) is 8. The van der Waals surface area contributed by atoms with Crippen LogP contribution < -0.4 is 4.90 Å². The summed E-state index contributed by atoms with van der Waals surface area (Å²) < 4.78 is 3.77. The first kappa shape index (κ1) is 23.1. The summed E-state index contributed by atoms with van der Waals surface area (Å²) in [6, 6.07) is 15.7. The number of amides is 1. The zero-order valence-corrected chi connectivity index (χ0v) is 21.0. The molecule has 37 heavy (non-hydrogen) atoms. The van der Waals surface area contributed by atoms with Crippen LogP contribution >= 0.6 is 0 Å². The number of carbonyl (C=O) groups is 2. The van der Waals surface area contributed by atoms with E-state index in [1.165, 1.54) is 0 Å². The molecular formula is C27H28N8O2. The molecule has 0 aliphatic carbocycles. The summed E-state index contributed by atoms with van der Waals surface area (Å²) in [5.41, 5.74) is 3.55. The molecule has 188 valence electrons. The van der Waals surface area contributed by atoms with Crippen molar-refractivity contribution in [3.63, 3.8) is 0 Å². The van der Waals surface area contributed by atoms with E-state index >= 15 is 0 Å².